The van der Waals surface area contributed by atoms with E-state index >= 15 is 0 Å². The quantitative estimate of drug-likeness (QED) is 0.0261. The summed E-state index contributed by atoms with van der Waals surface area (Å²) < 4.78 is 11.4. The number of carbonyl (C=O) groups is 1. The van der Waals surface area contributed by atoms with Crippen LogP contribution in [0.4, 0.5) is 0 Å². The third kappa shape index (κ3) is 46.0. The van der Waals surface area contributed by atoms with E-state index in [1.54, 1.807) is 0 Å². The standard InChI is InChI=1S/C69H123NO8/c1-3-5-7-9-11-13-15-17-19-21-23-25-27-28-29-30-31-32-33-34-35-36-37-39-41-43-45-47-49-51-53-55-57-59-65(73)70-62(61-77-69-68(76)67(75)66(74)64(60-71)78-69)63(72)58-56-54-52-50-48-46-44-42-40-38-26-24-22-20-18-16-14-12-10-8-6-4-2/h5,7,11,13,17,19,23,25,28-29,31-32,34-35,62-64,66-69,71-72,74-76H,3-4,6,8-10,12,14-16,18,20-22,24,26-27,30,33,36-61H2,1-2H3,(H,70,73)/b7-5-,13-11-,19-17-,25-23-,29-28-,32-31-,35-34-. The van der Waals surface area contributed by atoms with E-state index in [9.17, 15) is 30.3 Å². The number of hydrogen-bond donors (Lipinski definition) is 6. The van der Waals surface area contributed by atoms with Gasteiger partial charge in [0.05, 0.1) is 25.4 Å². The second-order valence-electron chi connectivity index (χ2n) is 22.5. The molecule has 1 amide bonds. The van der Waals surface area contributed by atoms with E-state index in [0.29, 0.717) is 12.8 Å². The molecule has 0 aromatic rings. The van der Waals surface area contributed by atoms with Gasteiger partial charge < -0.3 is 40.3 Å². The van der Waals surface area contributed by atoms with Crippen molar-refractivity contribution in [3.8, 4) is 0 Å². The Labute approximate surface area is 480 Å². The van der Waals surface area contributed by atoms with Gasteiger partial charge in [-0.1, -0.05) is 298 Å². The molecular weight excluding hydrogens is 971 g/mol. The maximum absolute atomic E-state index is 13.1. The van der Waals surface area contributed by atoms with Crippen LogP contribution in [0.2, 0.25) is 0 Å². The normalized spacial score (nSPS) is 19.2. The van der Waals surface area contributed by atoms with Crippen molar-refractivity contribution in [3.05, 3.63) is 85.1 Å². The van der Waals surface area contributed by atoms with Gasteiger partial charge in [0.25, 0.3) is 0 Å². The van der Waals surface area contributed by atoms with Crippen LogP contribution in [0, 0.1) is 0 Å². The maximum atomic E-state index is 13.1. The van der Waals surface area contributed by atoms with Crippen LogP contribution in [-0.4, -0.2) is 87.5 Å². The number of allylic oxidation sites excluding steroid dienone is 14. The van der Waals surface area contributed by atoms with Crippen LogP contribution >= 0.6 is 0 Å². The monoisotopic (exact) mass is 1090 g/mol. The molecule has 0 aromatic heterocycles. The van der Waals surface area contributed by atoms with Gasteiger partial charge in [-0.15, -0.1) is 0 Å². The molecular formula is C69H123NO8. The van der Waals surface area contributed by atoms with Gasteiger partial charge in [0, 0.05) is 6.42 Å². The predicted octanol–water partition coefficient (Wildman–Crippen LogP) is 17.4. The number of hydrogen-bond acceptors (Lipinski definition) is 8. The van der Waals surface area contributed by atoms with Gasteiger partial charge in [0.1, 0.15) is 24.4 Å². The summed E-state index contributed by atoms with van der Waals surface area (Å²) in [7, 11) is 0. The van der Waals surface area contributed by atoms with Gasteiger partial charge in [-0.05, 0) is 70.6 Å². The third-order valence-corrected chi connectivity index (χ3v) is 15.3. The minimum Gasteiger partial charge on any atom is -0.394 e. The first kappa shape index (κ1) is 73.4. The lowest BCUT2D eigenvalue weighted by Crippen LogP contribution is -2.60. The summed E-state index contributed by atoms with van der Waals surface area (Å²) in [5.41, 5.74) is 0. The first-order valence-electron chi connectivity index (χ1n) is 32.8. The number of nitrogens with one attached hydrogen (secondary N) is 1. The highest BCUT2D eigenvalue weighted by atomic mass is 16.7. The van der Waals surface area contributed by atoms with E-state index in [4.69, 9.17) is 9.47 Å². The van der Waals surface area contributed by atoms with Crippen LogP contribution in [0.15, 0.2) is 85.1 Å². The van der Waals surface area contributed by atoms with Gasteiger partial charge in [0.15, 0.2) is 6.29 Å². The van der Waals surface area contributed by atoms with Crippen molar-refractivity contribution in [1.29, 1.82) is 0 Å². The fourth-order valence-electron chi connectivity index (χ4n) is 10.1. The summed E-state index contributed by atoms with van der Waals surface area (Å²) in [6.07, 6.45) is 74.8. The zero-order valence-electron chi connectivity index (χ0n) is 50.4. The Morgan fingerprint density at radius 3 is 1.18 bits per heavy atom. The molecule has 1 fully saturated rings. The average Bonchev–Trinajstić information content (AvgIpc) is 3.45. The van der Waals surface area contributed by atoms with E-state index in [2.05, 4.69) is 104 Å². The molecule has 1 aliphatic rings. The highest BCUT2D eigenvalue weighted by Crippen LogP contribution is 2.23. The number of aliphatic hydroxyl groups is 5. The summed E-state index contributed by atoms with van der Waals surface area (Å²) in [4.78, 5) is 13.1. The number of ether oxygens (including phenoxy) is 2. The van der Waals surface area contributed by atoms with E-state index < -0.39 is 49.5 Å². The minimum absolute atomic E-state index is 0.141. The van der Waals surface area contributed by atoms with Crippen LogP contribution in [0.25, 0.3) is 0 Å². The van der Waals surface area contributed by atoms with Crippen molar-refractivity contribution in [2.24, 2.45) is 0 Å². The van der Waals surface area contributed by atoms with E-state index in [-0.39, 0.29) is 12.5 Å². The van der Waals surface area contributed by atoms with Gasteiger partial charge in [0.2, 0.25) is 5.91 Å². The number of aliphatic hydroxyl groups excluding tert-OH is 5. The molecule has 0 bridgehead atoms. The third-order valence-electron chi connectivity index (χ3n) is 15.3. The largest absolute Gasteiger partial charge is 0.394 e. The predicted molar refractivity (Wildman–Crippen MR) is 332 cm³/mol. The Morgan fingerprint density at radius 1 is 0.449 bits per heavy atom. The Hall–Kier alpha value is -2.63. The van der Waals surface area contributed by atoms with Crippen LogP contribution < -0.4 is 5.32 Å². The van der Waals surface area contributed by atoms with E-state index in [1.165, 1.54) is 173 Å². The highest BCUT2D eigenvalue weighted by molar-refractivity contribution is 5.76. The fourth-order valence-corrected chi connectivity index (χ4v) is 10.1. The van der Waals surface area contributed by atoms with Gasteiger partial charge in [-0.25, -0.2) is 0 Å². The Morgan fingerprint density at radius 2 is 0.795 bits per heavy atom. The molecule has 6 N–H and O–H groups in total. The molecule has 0 aliphatic carbocycles. The SMILES string of the molecule is CC/C=C\C/C=C\C/C=C\C/C=C\C/C=C\C/C=C\C/C=C\CCCCCCCCCCCCCC(=O)NC(COC1OC(CO)C(O)C(O)C1O)C(O)CCCCCCCCCCCCCCCCCCCCCCCC. The van der Waals surface area contributed by atoms with Gasteiger partial charge >= 0.3 is 0 Å². The van der Waals surface area contributed by atoms with E-state index in [1.807, 2.05) is 0 Å². The average molecular weight is 1090 g/mol. The van der Waals surface area contributed by atoms with Crippen LogP contribution in [0.1, 0.15) is 290 Å². The molecule has 1 rings (SSSR count). The molecule has 9 nitrogen and oxygen atoms in total. The molecule has 9 heteroatoms. The molecule has 1 heterocycles. The first-order valence-corrected chi connectivity index (χ1v) is 32.8. The summed E-state index contributed by atoms with van der Waals surface area (Å²) in [6.45, 7) is 3.75. The smallest absolute Gasteiger partial charge is 0.220 e. The molecule has 452 valence electrons. The Kier molecular flexibility index (Phi) is 54.2. The summed E-state index contributed by atoms with van der Waals surface area (Å²) in [5, 5.41) is 54.9. The maximum Gasteiger partial charge on any atom is 0.220 e. The van der Waals surface area contributed by atoms with Crippen molar-refractivity contribution < 1.29 is 39.8 Å². The minimum atomic E-state index is -1.56. The van der Waals surface area contributed by atoms with Crippen LogP contribution in [0.3, 0.4) is 0 Å². The summed E-state index contributed by atoms with van der Waals surface area (Å²) >= 11 is 0. The molecule has 7 atom stereocenters. The molecule has 78 heavy (non-hydrogen) atoms. The molecule has 0 aromatic carbocycles. The summed E-state index contributed by atoms with van der Waals surface area (Å²) in [6, 6.07) is -0.727. The van der Waals surface area contributed by atoms with Crippen molar-refractivity contribution in [2.75, 3.05) is 13.2 Å². The number of amides is 1. The van der Waals surface area contributed by atoms with Crippen molar-refractivity contribution in [1.82, 2.24) is 5.32 Å². The first-order chi connectivity index (χ1) is 38.3. The number of unbranched alkanes of at least 4 members (excludes halogenated alkanes) is 32. The second kappa shape index (κ2) is 57.6. The lowest BCUT2D eigenvalue weighted by molar-refractivity contribution is -0.302. The zero-order valence-corrected chi connectivity index (χ0v) is 50.4. The van der Waals surface area contributed by atoms with Gasteiger partial charge in [-0.2, -0.15) is 0 Å². The molecule has 1 aliphatic heterocycles. The van der Waals surface area contributed by atoms with Gasteiger partial charge in [-0.3, -0.25) is 4.79 Å². The topological polar surface area (TPSA) is 149 Å². The highest BCUT2D eigenvalue weighted by Gasteiger charge is 2.44. The molecule has 0 spiro atoms. The molecule has 7 unspecified atom stereocenters. The Bertz CT molecular complexity index is 1500. The molecule has 1 saturated heterocycles. The molecule has 0 radical (unpaired) electrons. The number of rotatable bonds is 56. The lowest BCUT2D eigenvalue weighted by atomic mass is 9.99. The van der Waals surface area contributed by atoms with Crippen molar-refractivity contribution in [2.45, 2.75) is 333 Å². The summed E-state index contributed by atoms with van der Waals surface area (Å²) in [5.74, 6) is -0.147. The zero-order chi connectivity index (χ0) is 56.5. The lowest BCUT2D eigenvalue weighted by Gasteiger charge is -2.40. The van der Waals surface area contributed by atoms with Crippen molar-refractivity contribution in [3.63, 3.8) is 0 Å². The Balaban J connectivity index is 2.16. The van der Waals surface area contributed by atoms with Crippen LogP contribution in [-0.2, 0) is 14.3 Å². The van der Waals surface area contributed by atoms with Crippen LogP contribution in [0.5, 0.6) is 0 Å². The number of carbonyl (C=O) groups excluding carboxylic acids is 1. The van der Waals surface area contributed by atoms with E-state index in [0.717, 1.165) is 89.9 Å². The second-order valence-corrected chi connectivity index (χ2v) is 22.5. The fraction of sp³-hybridized carbons (Fsp3) is 0.783. The van der Waals surface area contributed by atoms with Crippen molar-refractivity contribution >= 4 is 5.91 Å². The molecule has 0 saturated carbocycles.